The van der Waals surface area contributed by atoms with Crippen LogP contribution in [-0.4, -0.2) is 32.0 Å². The number of benzene rings is 1. The molecule has 0 unspecified atom stereocenters. The van der Waals surface area contributed by atoms with Gasteiger partial charge in [-0.25, -0.2) is 0 Å². The maximum atomic E-state index is 12.0. The molecule has 0 aliphatic carbocycles. The third-order valence-corrected chi connectivity index (χ3v) is 5.01. The lowest BCUT2D eigenvalue weighted by Gasteiger charge is -2.11. The first-order valence-corrected chi connectivity index (χ1v) is 9.37. The number of carbonyl (C=O) groups is 1. The van der Waals surface area contributed by atoms with Crippen molar-refractivity contribution in [3.8, 4) is 0 Å². The highest BCUT2D eigenvalue weighted by Gasteiger charge is 2.05. The first kappa shape index (κ1) is 19.3. The van der Waals surface area contributed by atoms with Gasteiger partial charge in [-0.1, -0.05) is 18.5 Å². The lowest BCUT2D eigenvalue weighted by Crippen LogP contribution is -2.41. The SMILES string of the molecule is CCc1ccc(CNC(=NC)NCCNC(=O)c2ccc(Cl)cc2)s1. The van der Waals surface area contributed by atoms with Gasteiger partial charge in [0.25, 0.3) is 5.91 Å². The van der Waals surface area contributed by atoms with E-state index in [1.807, 2.05) is 0 Å². The van der Waals surface area contributed by atoms with Gasteiger partial charge in [-0.05, 0) is 42.8 Å². The van der Waals surface area contributed by atoms with Gasteiger partial charge < -0.3 is 16.0 Å². The van der Waals surface area contributed by atoms with E-state index in [1.54, 1.807) is 42.6 Å². The van der Waals surface area contributed by atoms with Crippen LogP contribution in [0.25, 0.3) is 0 Å². The Balaban J connectivity index is 1.68. The van der Waals surface area contributed by atoms with Crippen LogP contribution in [0.15, 0.2) is 41.4 Å². The molecule has 0 atom stereocenters. The minimum absolute atomic E-state index is 0.118. The number of thiophene rings is 1. The van der Waals surface area contributed by atoms with Crippen molar-refractivity contribution < 1.29 is 4.79 Å². The van der Waals surface area contributed by atoms with Crippen molar-refractivity contribution in [2.75, 3.05) is 20.1 Å². The molecular formula is C18H23ClN4OS. The Bertz CT molecular complexity index is 712. The van der Waals surface area contributed by atoms with E-state index in [4.69, 9.17) is 11.6 Å². The van der Waals surface area contributed by atoms with Crippen LogP contribution in [0.5, 0.6) is 0 Å². The molecule has 2 rings (SSSR count). The van der Waals surface area contributed by atoms with Gasteiger partial charge in [-0.2, -0.15) is 0 Å². The van der Waals surface area contributed by atoms with Crippen molar-refractivity contribution in [2.45, 2.75) is 19.9 Å². The number of amides is 1. The number of hydrogen-bond donors (Lipinski definition) is 3. The molecule has 0 radical (unpaired) electrons. The summed E-state index contributed by atoms with van der Waals surface area (Å²) >= 11 is 7.62. The molecule has 0 spiro atoms. The molecule has 1 heterocycles. The van der Waals surface area contributed by atoms with Crippen molar-refractivity contribution >= 4 is 34.8 Å². The predicted octanol–water partition coefficient (Wildman–Crippen LogP) is 3.06. The van der Waals surface area contributed by atoms with Crippen LogP contribution in [0.3, 0.4) is 0 Å². The number of hydrogen-bond acceptors (Lipinski definition) is 3. The Hall–Kier alpha value is -2.05. The molecule has 5 nitrogen and oxygen atoms in total. The minimum atomic E-state index is -0.118. The van der Waals surface area contributed by atoms with E-state index < -0.39 is 0 Å². The fourth-order valence-electron chi connectivity index (χ4n) is 2.16. The van der Waals surface area contributed by atoms with Crippen molar-refractivity contribution in [1.82, 2.24) is 16.0 Å². The van der Waals surface area contributed by atoms with E-state index in [9.17, 15) is 4.79 Å². The van der Waals surface area contributed by atoms with E-state index in [1.165, 1.54) is 9.75 Å². The highest BCUT2D eigenvalue weighted by atomic mass is 35.5. The Kier molecular flexibility index (Phi) is 7.76. The van der Waals surface area contributed by atoms with Gasteiger partial charge in [0.2, 0.25) is 0 Å². The summed E-state index contributed by atoms with van der Waals surface area (Å²) in [6.07, 6.45) is 1.06. The largest absolute Gasteiger partial charge is 0.355 e. The zero-order valence-corrected chi connectivity index (χ0v) is 16.0. The minimum Gasteiger partial charge on any atom is -0.355 e. The number of aryl methyl sites for hydroxylation is 1. The number of nitrogens with zero attached hydrogens (tertiary/aromatic N) is 1. The Labute approximate surface area is 157 Å². The van der Waals surface area contributed by atoms with Crippen molar-refractivity contribution in [1.29, 1.82) is 0 Å². The van der Waals surface area contributed by atoms with Gasteiger partial charge in [0, 0.05) is 40.5 Å². The topological polar surface area (TPSA) is 65.5 Å². The summed E-state index contributed by atoms with van der Waals surface area (Å²) in [7, 11) is 1.73. The van der Waals surface area contributed by atoms with Gasteiger partial charge >= 0.3 is 0 Å². The standard InChI is InChI=1S/C18H23ClN4OS/c1-3-15-8-9-16(25-15)12-23-18(20-2)22-11-10-21-17(24)13-4-6-14(19)7-5-13/h4-9H,3,10-12H2,1-2H3,(H,21,24)(H2,20,22,23). The van der Waals surface area contributed by atoms with Crippen LogP contribution in [0.2, 0.25) is 5.02 Å². The Morgan fingerprint density at radius 3 is 2.36 bits per heavy atom. The lowest BCUT2D eigenvalue weighted by molar-refractivity contribution is 0.0954. The fourth-order valence-corrected chi connectivity index (χ4v) is 3.18. The summed E-state index contributed by atoms with van der Waals surface area (Å²) in [5, 5.41) is 9.93. The van der Waals surface area contributed by atoms with E-state index in [-0.39, 0.29) is 5.91 Å². The van der Waals surface area contributed by atoms with Gasteiger partial charge in [0.05, 0.1) is 6.54 Å². The number of halogens is 1. The van der Waals surface area contributed by atoms with E-state index in [2.05, 4.69) is 40.0 Å². The molecule has 1 aromatic carbocycles. The molecule has 3 N–H and O–H groups in total. The summed E-state index contributed by atoms with van der Waals surface area (Å²) in [6, 6.07) is 11.1. The third-order valence-electron chi connectivity index (χ3n) is 3.53. The zero-order valence-electron chi connectivity index (χ0n) is 14.4. The first-order chi connectivity index (χ1) is 12.1. The van der Waals surface area contributed by atoms with Crippen molar-refractivity contribution in [3.05, 3.63) is 56.7 Å². The summed E-state index contributed by atoms with van der Waals surface area (Å²) in [5.41, 5.74) is 0.594. The molecule has 0 saturated carbocycles. The highest BCUT2D eigenvalue weighted by Crippen LogP contribution is 2.16. The van der Waals surface area contributed by atoms with Gasteiger partial charge in [0.15, 0.2) is 5.96 Å². The molecule has 2 aromatic rings. The second kappa shape index (κ2) is 10.1. The van der Waals surface area contributed by atoms with Crippen molar-refractivity contribution in [2.24, 2.45) is 4.99 Å². The smallest absolute Gasteiger partial charge is 0.251 e. The van der Waals surface area contributed by atoms with Crippen LogP contribution in [0, 0.1) is 0 Å². The number of carbonyl (C=O) groups excluding carboxylic acids is 1. The zero-order chi connectivity index (χ0) is 18.1. The van der Waals surface area contributed by atoms with Gasteiger partial charge in [-0.3, -0.25) is 9.79 Å². The average molecular weight is 379 g/mol. The summed E-state index contributed by atoms with van der Waals surface area (Å²) in [5.74, 6) is 0.597. The molecule has 25 heavy (non-hydrogen) atoms. The number of nitrogens with one attached hydrogen (secondary N) is 3. The van der Waals surface area contributed by atoms with Crippen molar-refractivity contribution in [3.63, 3.8) is 0 Å². The number of rotatable bonds is 7. The molecule has 0 aliphatic rings. The van der Waals surface area contributed by atoms with Crippen LogP contribution >= 0.6 is 22.9 Å². The average Bonchev–Trinajstić information content (AvgIpc) is 3.09. The van der Waals surface area contributed by atoms with Gasteiger partial charge in [-0.15, -0.1) is 11.3 Å². The second-order valence-corrected chi connectivity index (χ2v) is 7.03. The van der Waals surface area contributed by atoms with Gasteiger partial charge in [0.1, 0.15) is 0 Å². The monoisotopic (exact) mass is 378 g/mol. The van der Waals surface area contributed by atoms with Crippen LogP contribution in [0.1, 0.15) is 27.0 Å². The molecule has 1 aromatic heterocycles. The Morgan fingerprint density at radius 2 is 1.72 bits per heavy atom. The second-order valence-electron chi connectivity index (χ2n) is 5.34. The molecule has 0 fully saturated rings. The lowest BCUT2D eigenvalue weighted by atomic mass is 10.2. The summed E-state index contributed by atoms with van der Waals surface area (Å²) in [6.45, 7) is 3.98. The van der Waals surface area contributed by atoms with E-state index >= 15 is 0 Å². The third kappa shape index (κ3) is 6.40. The van der Waals surface area contributed by atoms with E-state index in [0.29, 0.717) is 29.6 Å². The van der Waals surface area contributed by atoms with E-state index in [0.717, 1.165) is 13.0 Å². The molecule has 0 saturated heterocycles. The quantitative estimate of drug-likeness (QED) is 0.394. The predicted molar refractivity (Wildman–Crippen MR) is 106 cm³/mol. The summed E-state index contributed by atoms with van der Waals surface area (Å²) in [4.78, 5) is 18.8. The highest BCUT2D eigenvalue weighted by molar-refractivity contribution is 7.11. The summed E-state index contributed by atoms with van der Waals surface area (Å²) < 4.78 is 0. The molecule has 0 bridgehead atoms. The van der Waals surface area contributed by atoms with Crippen LogP contribution in [-0.2, 0) is 13.0 Å². The Morgan fingerprint density at radius 1 is 1.04 bits per heavy atom. The fraction of sp³-hybridized carbons (Fsp3) is 0.333. The molecule has 0 aliphatic heterocycles. The maximum absolute atomic E-state index is 12.0. The first-order valence-electron chi connectivity index (χ1n) is 8.18. The molecule has 1 amide bonds. The normalized spacial score (nSPS) is 11.2. The molecule has 7 heteroatoms. The maximum Gasteiger partial charge on any atom is 0.251 e. The number of aliphatic imine (C=N–C) groups is 1. The van der Waals surface area contributed by atoms with Crippen LogP contribution < -0.4 is 16.0 Å². The number of guanidine groups is 1. The van der Waals surface area contributed by atoms with Crippen LogP contribution in [0.4, 0.5) is 0 Å². The molecular weight excluding hydrogens is 356 g/mol. The molecule has 134 valence electrons.